The first kappa shape index (κ1) is 10.5. The molecule has 6 heteroatoms. The van der Waals surface area contributed by atoms with Gasteiger partial charge in [0.25, 0.3) is 0 Å². The van der Waals surface area contributed by atoms with Crippen molar-refractivity contribution in [2.75, 3.05) is 0 Å². The topological polar surface area (TPSA) is 76.4 Å². The minimum absolute atomic E-state index is 0.148. The molecule has 0 saturated heterocycles. The Morgan fingerprint density at radius 3 is 2.50 bits per heavy atom. The zero-order valence-electron chi connectivity index (χ0n) is 7.08. The molecule has 0 aromatic heterocycles. The fourth-order valence-corrected chi connectivity index (χ4v) is 1.20. The van der Waals surface area contributed by atoms with Gasteiger partial charge in [0.1, 0.15) is 0 Å². The second kappa shape index (κ2) is 4.60. The van der Waals surface area contributed by atoms with Crippen molar-refractivity contribution in [2.24, 2.45) is 0 Å². The normalized spacial score (nSPS) is 10.5. The molecule has 0 amide bonds. The first-order valence-corrected chi connectivity index (χ1v) is 4.98. The van der Waals surface area contributed by atoms with E-state index < -0.39 is 10.4 Å². The van der Waals surface area contributed by atoms with E-state index >= 15 is 0 Å². The fourth-order valence-electron chi connectivity index (χ4n) is 0.784. The Kier molecular flexibility index (Phi) is 3.45. The van der Waals surface area contributed by atoms with E-state index in [-0.39, 0.29) is 6.61 Å². The fraction of sp³-hybridized carbons (Fsp3) is 0.125. The maximum Gasteiger partial charge on any atom is 0.459 e. The van der Waals surface area contributed by atoms with Gasteiger partial charge in [-0.25, -0.2) is 4.18 Å². The predicted molar refractivity (Wildman–Crippen MR) is 46.8 cm³/mol. The van der Waals surface area contributed by atoms with Crippen molar-refractivity contribution in [3.63, 3.8) is 0 Å². The minimum atomic E-state index is -4.19. The molecule has 0 spiro atoms. The molecule has 0 aliphatic rings. The van der Waals surface area contributed by atoms with Crippen LogP contribution in [0.15, 0.2) is 30.3 Å². The van der Waals surface area contributed by atoms with E-state index in [1.165, 1.54) is 0 Å². The Morgan fingerprint density at radius 1 is 1.29 bits per heavy atom. The Morgan fingerprint density at radius 2 is 1.93 bits per heavy atom. The molecule has 0 aliphatic heterocycles. The van der Waals surface area contributed by atoms with Crippen LogP contribution in [0.4, 0.5) is 0 Å². The van der Waals surface area contributed by atoms with Crippen molar-refractivity contribution in [1.29, 1.82) is 5.26 Å². The largest absolute Gasteiger partial charge is 0.459 e. The van der Waals surface area contributed by atoms with Crippen LogP contribution in [0.3, 0.4) is 0 Å². The lowest BCUT2D eigenvalue weighted by atomic mass is 10.2. The number of hydrogen-bond donors (Lipinski definition) is 0. The van der Waals surface area contributed by atoms with Gasteiger partial charge in [0.05, 0.1) is 6.61 Å². The van der Waals surface area contributed by atoms with E-state index in [1.807, 2.05) is 0 Å². The average molecular weight is 213 g/mol. The molecule has 1 aromatic carbocycles. The molecule has 0 unspecified atom stereocenters. The van der Waals surface area contributed by atoms with E-state index in [9.17, 15) is 8.42 Å². The second-order valence-corrected chi connectivity index (χ2v) is 3.55. The molecule has 0 aliphatic carbocycles. The molecule has 1 rings (SSSR count). The molecule has 0 atom stereocenters. The van der Waals surface area contributed by atoms with Crippen LogP contribution in [0.1, 0.15) is 5.56 Å². The van der Waals surface area contributed by atoms with Crippen molar-refractivity contribution in [3.8, 4) is 6.26 Å². The number of benzene rings is 1. The maximum atomic E-state index is 10.7. The van der Waals surface area contributed by atoms with Crippen LogP contribution < -0.4 is 0 Å². The number of hydrogen-bond acceptors (Lipinski definition) is 5. The SMILES string of the molecule is N#COS(=O)(=O)OCc1ccccc1. The van der Waals surface area contributed by atoms with Crippen molar-refractivity contribution in [3.05, 3.63) is 35.9 Å². The highest BCUT2D eigenvalue weighted by molar-refractivity contribution is 7.82. The third-order valence-electron chi connectivity index (χ3n) is 1.35. The summed E-state index contributed by atoms with van der Waals surface area (Å²) in [4.78, 5) is 0. The van der Waals surface area contributed by atoms with Crippen molar-refractivity contribution < 1.29 is 16.8 Å². The summed E-state index contributed by atoms with van der Waals surface area (Å²) in [6, 6.07) is 8.68. The third kappa shape index (κ3) is 3.43. The van der Waals surface area contributed by atoms with E-state index in [2.05, 4.69) is 8.37 Å². The molecule has 0 saturated carbocycles. The molecule has 74 valence electrons. The zero-order chi connectivity index (χ0) is 10.4. The van der Waals surface area contributed by atoms with E-state index in [0.29, 0.717) is 5.56 Å². The predicted octanol–water partition coefficient (Wildman–Crippen LogP) is 0.946. The van der Waals surface area contributed by atoms with Crippen molar-refractivity contribution in [2.45, 2.75) is 6.61 Å². The quantitative estimate of drug-likeness (QED) is 0.696. The van der Waals surface area contributed by atoms with E-state index in [1.54, 1.807) is 30.3 Å². The Bertz CT molecular complexity index is 420. The monoisotopic (exact) mass is 213 g/mol. The summed E-state index contributed by atoms with van der Waals surface area (Å²) in [6.45, 7) is -0.148. The zero-order valence-corrected chi connectivity index (χ0v) is 7.90. The molecule has 14 heavy (non-hydrogen) atoms. The smallest absolute Gasteiger partial charge is 0.281 e. The summed E-state index contributed by atoms with van der Waals surface area (Å²) < 4.78 is 29.6. The summed E-state index contributed by atoms with van der Waals surface area (Å²) in [6.07, 6.45) is 1.03. The summed E-state index contributed by atoms with van der Waals surface area (Å²) in [5.74, 6) is 0. The van der Waals surface area contributed by atoms with Crippen LogP contribution in [0.25, 0.3) is 0 Å². The molecule has 0 fully saturated rings. The van der Waals surface area contributed by atoms with Crippen LogP contribution in [-0.4, -0.2) is 8.42 Å². The highest BCUT2D eigenvalue weighted by atomic mass is 32.3. The summed E-state index contributed by atoms with van der Waals surface area (Å²) >= 11 is 0. The van der Waals surface area contributed by atoms with Gasteiger partial charge in [-0.05, 0) is 5.56 Å². The third-order valence-corrected chi connectivity index (χ3v) is 2.04. The summed E-state index contributed by atoms with van der Waals surface area (Å²) in [7, 11) is -4.19. The van der Waals surface area contributed by atoms with Gasteiger partial charge in [-0.3, -0.25) is 4.18 Å². The average Bonchev–Trinajstić information content (AvgIpc) is 2.17. The minimum Gasteiger partial charge on any atom is -0.281 e. The Balaban J connectivity index is 2.55. The highest BCUT2D eigenvalue weighted by Crippen LogP contribution is 2.04. The Hall–Kier alpha value is -1.58. The van der Waals surface area contributed by atoms with E-state index in [0.717, 1.165) is 6.26 Å². The van der Waals surface area contributed by atoms with Crippen LogP contribution >= 0.6 is 0 Å². The van der Waals surface area contributed by atoms with Gasteiger partial charge in [0.2, 0.25) is 0 Å². The van der Waals surface area contributed by atoms with Gasteiger partial charge in [0, 0.05) is 0 Å². The lowest BCUT2D eigenvalue weighted by molar-refractivity contribution is 0.255. The number of rotatable bonds is 4. The van der Waals surface area contributed by atoms with Crippen LogP contribution in [0.2, 0.25) is 0 Å². The van der Waals surface area contributed by atoms with Crippen LogP contribution in [-0.2, 0) is 25.4 Å². The number of nitriles is 1. The van der Waals surface area contributed by atoms with Gasteiger partial charge in [0.15, 0.2) is 0 Å². The lowest BCUT2D eigenvalue weighted by Gasteiger charge is -2.00. The van der Waals surface area contributed by atoms with Gasteiger partial charge in [-0.1, -0.05) is 30.3 Å². The summed E-state index contributed by atoms with van der Waals surface area (Å²) in [5.41, 5.74) is 0.678. The molecule has 0 heterocycles. The van der Waals surface area contributed by atoms with Crippen LogP contribution in [0.5, 0.6) is 0 Å². The van der Waals surface area contributed by atoms with Gasteiger partial charge in [-0.2, -0.15) is 8.42 Å². The molecule has 1 aromatic rings. The first-order chi connectivity index (χ1) is 6.64. The maximum absolute atomic E-state index is 10.7. The van der Waals surface area contributed by atoms with Crippen molar-refractivity contribution in [1.82, 2.24) is 0 Å². The molecule has 5 nitrogen and oxygen atoms in total. The van der Waals surface area contributed by atoms with Crippen molar-refractivity contribution >= 4 is 10.4 Å². The highest BCUT2D eigenvalue weighted by Gasteiger charge is 2.11. The lowest BCUT2D eigenvalue weighted by Crippen LogP contribution is -2.06. The van der Waals surface area contributed by atoms with Crippen LogP contribution in [0, 0.1) is 11.5 Å². The molecular formula is C8H7NO4S. The molecule has 0 radical (unpaired) electrons. The number of nitrogens with zero attached hydrogens (tertiary/aromatic N) is 1. The second-order valence-electron chi connectivity index (χ2n) is 2.33. The molecule has 0 N–H and O–H groups in total. The standard InChI is InChI=1S/C8H7NO4S/c9-7-13-14(10,11)12-6-8-4-2-1-3-5-8/h1-5H,6H2. The molecule has 0 bridgehead atoms. The van der Waals surface area contributed by atoms with E-state index in [4.69, 9.17) is 5.26 Å². The summed E-state index contributed by atoms with van der Waals surface area (Å²) in [5, 5.41) is 7.97. The first-order valence-electron chi connectivity index (χ1n) is 3.65. The van der Waals surface area contributed by atoms with Gasteiger partial charge >= 0.3 is 16.7 Å². The Labute approximate surface area is 81.8 Å². The van der Waals surface area contributed by atoms with Gasteiger partial charge in [-0.15, -0.1) is 5.26 Å². The van der Waals surface area contributed by atoms with Gasteiger partial charge < -0.3 is 0 Å². The molecular weight excluding hydrogens is 206 g/mol.